The van der Waals surface area contributed by atoms with Crippen LogP contribution in [0.4, 0.5) is 0 Å². The summed E-state index contributed by atoms with van der Waals surface area (Å²) in [6.45, 7) is 5.35. The molecule has 0 aromatic carbocycles. The standard InChI is InChI=1S/C14H22N4S/c1-10-11(2)14(16-15-13(10)17(3)4)18(5)9-12-7-6-8-19-12/h6-8,10-11H,9H2,1-5H3. The zero-order chi connectivity index (χ0) is 14.0. The molecule has 19 heavy (non-hydrogen) atoms. The maximum Gasteiger partial charge on any atom is 0.131 e. The molecule has 1 aliphatic rings. The first kappa shape index (κ1) is 14.1. The highest BCUT2D eigenvalue weighted by Gasteiger charge is 2.29. The molecular formula is C14H22N4S. The fraction of sp³-hybridized carbons (Fsp3) is 0.571. The minimum atomic E-state index is 0.389. The van der Waals surface area contributed by atoms with Gasteiger partial charge in [-0.2, -0.15) is 0 Å². The molecule has 0 saturated carbocycles. The molecule has 0 radical (unpaired) electrons. The maximum absolute atomic E-state index is 4.44. The Kier molecular flexibility index (Phi) is 4.24. The molecule has 0 amide bonds. The smallest absolute Gasteiger partial charge is 0.131 e. The quantitative estimate of drug-likeness (QED) is 0.833. The normalized spacial score (nSPS) is 22.8. The second kappa shape index (κ2) is 5.74. The van der Waals surface area contributed by atoms with E-state index >= 15 is 0 Å². The van der Waals surface area contributed by atoms with Crippen LogP contribution in [-0.2, 0) is 6.54 Å². The lowest BCUT2D eigenvalue weighted by molar-refractivity contribution is 0.422. The fourth-order valence-corrected chi connectivity index (χ4v) is 3.13. The summed E-state index contributed by atoms with van der Waals surface area (Å²) in [5.74, 6) is 2.92. The van der Waals surface area contributed by atoms with Crippen LogP contribution in [0.5, 0.6) is 0 Å². The van der Waals surface area contributed by atoms with Gasteiger partial charge < -0.3 is 9.80 Å². The van der Waals surface area contributed by atoms with Crippen molar-refractivity contribution in [1.82, 2.24) is 9.80 Å². The Hall–Kier alpha value is -1.36. The van der Waals surface area contributed by atoms with Crippen molar-refractivity contribution >= 4 is 23.0 Å². The van der Waals surface area contributed by atoms with E-state index in [1.165, 1.54) is 4.88 Å². The number of hydrogen-bond donors (Lipinski definition) is 0. The van der Waals surface area contributed by atoms with Gasteiger partial charge in [0.25, 0.3) is 0 Å². The first-order valence-electron chi connectivity index (χ1n) is 6.57. The van der Waals surface area contributed by atoms with Crippen molar-refractivity contribution < 1.29 is 0 Å². The van der Waals surface area contributed by atoms with Gasteiger partial charge >= 0.3 is 0 Å². The van der Waals surface area contributed by atoms with Gasteiger partial charge in [-0.05, 0) is 11.4 Å². The molecule has 1 aliphatic heterocycles. The van der Waals surface area contributed by atoms with E-state index in [0.717, 1.165) is 18.2 Å². The van der Waals surface area contributed by atoms with Gasteiger partial charge in [0.1, 0.15) is 11.7 Å². The molecule has 0 saturated heterocycles. The molecule has 0 bridgehead atoms. The lowest BCUT2D eigenvalue weighted by atomic mass is 9.91. The van der Waals surface area contributed by atoms with Crippen LogP contribution in [0.1, 0.15) is 18.7 Å². The van der Waals surface area contributed by atoms with E-state index in [2.05, 4.69) is 58.4 Å². The molecule has 0 fully saturated rings. The molecule has 1 aromatic heterocycles. The average molecular weight is 278 g/mol. The van der Waals surface area contributed by atoms with Gasteiger partial charge in [-0.25, -0.2) is 0 Å². The lowest BCUT2D eigenvalue weighted by Gasteiger charge is -2.33. The number of thiophene rings is 1. The molecule has 2 unspecified atom stereocenters. The molecule has 2 atom stereocenters. The van der Waals surface area contributed by atoms with E-state index in [1.54, 1.807) is 11.3 Å². The van der Waals surface area contributed by atoms with Crippen molar-refractivity contribution in [2.45, 2.75) is 20.4 Å². The predicted molar refractivity (Wildman–Crippen MR) is 82.7 cm³/mol. The molecule has 0 spiro atoms. The molecular weight excluding hydrogens is 256 g/mol. The summed E-state index contributed by atoms with van der Waals surface area (Å²) >= 11 is 1.78. The van der Waals surface area contributed by atoms with Crippen molar-refractivity contribution in [1.29, 1.82) is 0 Å². The number of nitrogens with zero attached hydrogens (tertiary/aromatic N) is 4. The summed E-state index contributed by atoms with van der Waals surface area (Å²) in [6, 6.07) is 4.25. The Morgan fingerprint density at radius 3 is 2.32 bits per heavy atom. The van der Waals surface area contributed by atoms with Crippen LogP contribution in [0, 0.1) is 11.8 Å². The molecule has 4 nitrogen and oxygen atoms in total. The predicted octanol–water partition coefficient (Wildman–Crippen LogP) is 2.74. The number of hydrogen-bond acceptors (Lipinski definition) is 5. The van der Waals surface area contributed by atoms with Crippen molar-refractivity contribution in [3.05, 3.63) is 22.4 Å². The minimum Gasteiger partial charge on any atom is -0.364 e. The van der Waals surface area contributed by atoms with E-state index in [-0.39, 0.29) is 0 Å². The second-order valence-corrected chi connectivity index (χ2v) is 6.36. The van der Waals surface area contributed by atoms with E-state index < -0.39 is 0 Å². The third-order valence-electron chi connectivity index (χ3n) is 3.64. The Balaban J connectivity index is 2.15. The summed E-state index contributed by atoms with van der Waals surface area (Å²) in [6.07, 6.45) is 0. The van der Waals surface area contributed by atoms with Gasteiger partial charge in [0.05, 0.1) is 6.54 Å². The van der Waals surface area contributed by atoms with Gasteiger partial charge in [-0.1, -0.05) is 19.9 Å². The van der Waals surface area contributed by atoms with Crippen LogP contribution < -0.4 is 0 Å². The van der Waals surface area contributed by atoms with Crippen LogP contribution in [0.3, 0.4) is 0 Å². The van der Waals surface area contributed by atoms with Gasteiger partial charge in [0.15, 0.2) is 0 Å². The summed E-state index contributed by atoms with van der Waals surface area (Å²) in [4.78, 5) is 5.62. The van der Waals surface area contributed by atoms with Crippen molar-refractivity contribution in [3.63, 3.8) is 0 Å². The van der Waals surface area contributed by atoms with Gasteiger partial charge in [-0.3, -0.25) is 0 Å². The highest BCUT2D eigenvalue weighted by molar-refractivity contribution is 7.09. The molecule has 5 heteroatoms. The van der Waals surface area contributed by atoms with Crippen molar-refractivity contribution in [2.75, 3.05) is 21.1 Å². The van der Waals surface area contributed by atoms with Crippen molar-refractivity contribution in [2.24, 2.45) is 22.0 Å². The van der Waals surface area contributed by atoms with Gasteiger partial charge in [0.2, 0.25) is 0 Å². The van der Waals surface area contributed by atoms with Crippen LogP contribution >= 0.6 is 11.3 Å². The number of amidine groups is 2. The summed E-state index contributed by atoms with van der Waals surface area (Å²) in [5, 5.41) is 10.9. The Morgan fingerprint density at radius 2 is 1.74 bits per heavy atom. The highest BCUT2D eigenvalue weighted by Crippen LogP contribution is 2.23. The summed E-state index contributed by atoms with van der Waals surface area (Å²) in [5.41, 5.74) is 0. The van der Waals surface area contributed by atoms with E-state index in [1.807, 2.05) is 14.1 Å². The minimum absolute atomic E-state index is 0.389. The molecule has 0 aliphatic carbocycles. The van der Waals surface area contributed by atoms with Crippen molar-refractivity contribution in [3.8, 4) is 0 Å². The van der Waals surface area contributed by atoms with Gasteiger partial charge in [-0.15, -0.1) is 21.5 Å². The highest BCUT2D eigenvalue weighted by atomic mass is 32.1. The third kappa shape index (κ3) is 2.97. The molecule has 104 valence electrons. The lowest BCUT2D eigenvalue weighted by Crippen LogP contribution is -2.42. The summed E-state index contributed by atoms with van der Waals surface area (Å²) in [7, 11) is 6.15. The van der Waals surface area contributed by atoms with E-state index in [0.29, 0.717) is 11.8 Å². The Labute approximate surface area is 119 Å². The fourth-order valence-electron chi connectivity index (χ4n) is 2.37. The molecule has 0 N–H and O–H groups in total. The SMILES string of the molecule is CC1C(N(C)C)=NN=C(N(C)Cc2cccs2)C1C. The topological polar surface area (TPSA) is 31.2 Å². The van der Waals surface area contributed by atoms with E-state index in [4.69, 9.17) is 0 Å². The first-order valence-corrected chi connectivity index (χ1v) is 7.45. The summed E-state index contributed by atoms with van der Waals surface area (Å²) < 4.78 is 0. The van der Waals surface area contributed by atoms with Gasteiger partial charge in [0, 0.05) is 37.9 Å². The van der Waals surface area contributed by atoms with Crippen LogP contribution in [0.15, 0.2) is 27.7 Å². The van der Waals surface area contributed by atoms with E-state index in [9.17, 15) is 0 Å². The number of rotatable bonds is 2. The maximum atomic E-state index is 4.44. The molecule has 2 heterocycles. The Morgan fingerprint density at radius 1 is 1.11 bits per heavy atom. The molecule has 2 rings (SSSR count). The molecule has 1 aromatic rings. The van der Waals surface area contributed by atoms with Crippen LogP contribution in [0.25, 0.3) is 0 Å². The van der Waals surface area contributed by atoms with Crippen LogP contribution in [0.2, 0.25) is 0 Å². The second-order valence-electron chi connectivity index (χ2n) is 5.32. The first-order chi connectivity index (χ1) is 9.00. The zero-order valence-electron chi connectivity index (χ0n) is 12.3. The van der Waals surface area contributed by atoms with Crippen LogP contribution in [-0.4, -0.2) is 42.6 Å². The largest absolute Gasteiger partial charge is 0.364 e. The monoisotopic (exact) mass is 278 g/mol. The Bertz CT molecular complexity index is 476. The third-order valence-corrected chi connectivity index (χ3v) is 4.50. The average Bonchev–Trinajstić information content (AvgIpc) is 2.84. The zero-order valence-corrected chi connectivity index (χ0v) is 13.1.